The molecule has 0 saturated heterocycles. The fourth-order valence-corrected chi connectivity index (χ4v) is 6.44. The number of esters is 1. The van der Waals surface area contributed by atoms with Crippen LogP contribution >= 0.6 is 11.6 Å². The van der Waals surface area contributed by atoms with Crippen LogP contribution in [0.3, 0.4) is 0 Å². The van der Waals surface area contributed by atoms with E-state index in [0.29, 0.717) is 34.7 Å². The zero-order valence-corrected chi connectivity index (χ0v) is 18.0. The van der Waals surface area contributed by atoms with Crippen LogP contribution in [0.2, 0.25) is 5.02 Å². The zero-order chi connectivity index (χ0) is 21.5. The third-order valence-electron chi connectivity index (χ3n) is 6.71. The normalized spacial score (nSPS) is 31.2. The maximum absolute atomic E-state index is 13.1. The minimum atomic E-state index is -0.611. The second kappa shape index (κ2) is 7.76. The van der Waals surface area contributed by atoms with E-state index in [2.05, 4.69) is 10.6 Å². The highest BCUT2D eigenvalue weighted by atomic mass is 35.5. The molecule has 1 aromatic carbocycles. The highest BCUT2D eigenvalue weighted by Gasteiger charge is 2.61. The van der Waals surface area contributed by atoms with Gasteiger partial charge in [-0.15, -0.1) is 0 Å². The van der Waals surface area contributed by atoms with Gasteiger partial charge in [0.05, 0.1) is 18.2 Å². The molecule has 4 aliphatic rings. The topological polar surface area (TPSA) is 93.7 Å². The van der Waals surface area contributed by atoms with E-state index >= 15 is 0 Å². The van der Waals surface area contributed by atoms with Crippen molar-refractivity contribution in [3.63, 3.8) is 0 Å². The van der Waals surface area contributed by atoms with Gasteiger partial charge in [0.15, 0.2) is 6.61 Å². The molecular formula is C22H27ClN2O5. The Morgan fingerprint density at radius 3 is 2.50 bits per heavy atom. The number of benzene rings is 1. The molecule has 162 valence electrons. The molecule has 0 aromatic heterocycles. The van der Waals surface area contributed by atoms with Gasteiger partial charge in [0.1, 0.15) is 5.75 Å². The number of carbonyl (C=O) groups excluding carboxylic acids is 3. The SMILES string of the molecule is COc1ccc(Cl)cc1NC(=O)COC(=O)C12C[C@@H]3C[C@H](CC(NC(C)=O)(C3)C1)C2. The Labute approximate surface area is 180 Å². The quantitative estimate of drug-likeness (QED) is 0.670. The Morgan fingerprint density at radius 2 is 1.87 bits per heavy atom. The van der Waals surface area contributed by atoms with Crippen molar-refractivity contribution in [3.8, 4) is 5.75 Å². The number of halogens is 1. The van der Waals surface area contributed by atoms with Crippen LogP contribution in [0.1, 0.15) is 45.4 Å². The van der Waals surface area contributed by atoms with Crippen molar-refractivity contribution in [2.45, 2.75) is 51.0 Å². The lowest BCUT2D eigenvalue weighted by Gasteiger charge is -2.60. The number of hydrogen-bond acceptors (Lipinski definition) is 5. The Morgan fingerprint density at radius 1 is 1.17 bits per heavy atom. The number of hydrogen-bond donors (Lipinski definition) is 2. The molecule has 1 aromatic rings. The van der Waals surface area contributed by atoms with E-state index < -0.39 is 11.3 Å². The monoisotopic (exact) mass is 434 g/mol. The number of carbonyl (C=O) groups is 3. The molecule has 0 unspecified atom stereocenters. The molecule has 8 heteroatoms. The van der Waals surface area contributed by atoms with Crippen LogP contribution in [0.4, 0.5) is 5.69 Å². The molecule has 4 aliphatic carbocycles. The molecule has 0 spiro atoms. The fourth-order valence-electron chi connectivity index (χ4n) is 6.27. The smallest absolute Gasteiger partial charge is 0.312 e. The first-order chi connectivity index (χ1) is 14.2. The van der Waals surface area contributed by atoms with Gasteiger partial charge in [-0.2, -0.15) is 0 Å². The van der Waals surface area contributed by atoms with Crippen LogP contribution < -0.4 is 15.4 Å². The number of rotatable bonds is 6. The van der Waals surface area contributed by atoms with Crippen molar-refractivity contribution in [2.24, 2.45) is 17.3 Å². The van der Waals surface area contributed by atoms with E-state index in [1.807, 2.05) is 0 Å². The first-order valence-electron chi connectivity index (χ1n) is 10.3. The van der Waals surface area contributed by atoms with Crippen LogP contribution in [0.5, 0.6) is 5.75 Å². The van der Waals surface area contributed by atoms with Gasteiger partial charge in [-0.3, -0.25) is 14.4 Å². The summed E-state index contributed by atoms with van der Waals surface area (Å²) in [6.45, 7) is 1.15. The van der Waals surface area contributed by atoms with Gasteiger partial charge < -0.3 is 20.1 Å². The zero-order valence-electron chi connectivity index (χ0n) is 17.3. The lowest BCUT2D eigenvalue weighted by molar-refractivity contribution is -0.176. The summed E-state index contributed by atoms with van der Waals surface area (Å²) in [5, 5.41) is 6.27. The number of methoxy groups -OCH3 is 1. The van der Waals surface area contributed by atoms with E-state index in [1.54, 1.807) is 18.2 Å². The molecule has 7 nitrogen and oxygen atoms in total. The highest BCUT2D eigenvalue weighted by Crippen LogP contribution is 2.62. The molecule has 0 radical (unpaired) electrons. The molecule has 30 heavy (non-hydrogen) atoms. The van der Waals surface area contributed by atoms with Gasteiger partial charge in [-0.05, 0) is 68.6 Å². The highest BCUT2D eigenvalue weighted by molar-refractivity contribution is 6.31. The number of amides is 2. The van der Waals surface area contributed by atoms with Crippen LogP contribution in [0, 0.1) is 17.3 Å². The summed E-state index contributed by atoms with van der Waals surface area (Å²) in [6.07, 6.45) is 5.09. The summed E-state index contributed by atoms with van der Waals surface area (Å²) >= 11 is 5.99. The van der Waals surface area contributed by atoms with Crippen molar-refractivity contribution in [1.29, 1.82) is 0 Å². The average molecular weight is 435 g/mol. The second-order valence-corrected chi connectivity index (χ2v) is 9.61. The van der Waals surface area contributed by atoms with Crippen molar-refractivity contribution in [3.05, 3.63) is 23.2 Å². The van der Waals surface area contributed by atoms with Crippen LogP contribution in [-0.2, 0) is 19.1 Å². The fraction of sp³-hybridized carbons (Fsp3) is 0.591. The predicted octanol–water partition coefficient (Wildman–Crippen LogP) is 3.31. The van der Waals surface area contributed by atoms with Gasteiger partial charge in [0.2, 0.25) is 5.91 Å². The Hall–Kier alpha value is -2.28. The molecule has 4 fully saturated rings. The van der Waals surface area contributed by atoms with Gasteiger partial charge >= 0.3 is 5.97 Å². The Balaban J connectivity index is 1.41. The standard InChI is InChI=1S/C22H27ClN2O5/c1-13(26)25-22-9-14-5-15(10-22)8-21(7-14,12-22)20(28)30-11-19(27)24-17-6-16(23)3-4-18(17)29-2/h3-4,6,14-15H,5,7-12H2,1-2H3,(H,24,27)(H,25,26)/t14-,15-,21?,22?/m0/s1. The molecular weight excluding hydrogens is 408 g/mol. The summed E-state index contributed by atoms with van der Waals surface area (Å²) < 4.78 is 10.7. The summed E-state index contributed by atoms with van der Waals surface area (Å²) in [5.41, 5.74) is -0.503. The van der Waals surface area contributed by atoms with E-state index in [4.69, 9.17) is 21.1 Å². The molecule has 2 amide bonds. The lowest BCUT2D eigenvalue weighted by Crippen LogP contribution is -2.64. The van der Waals surface area contributed by atoms with Gasteiger partial charge in [0.25, 0.3) is 5.91 Å². The molecule has 4 saturated carbocycles. The van der Waals surface area contributed by atoms with Crippen LogP contribution in [0.15, 0.2) is 18.2 Å². The molecule has 2 atom stereocenters. The van der Waals surface area contributed by atoms with E-state index in [9.17, 15) is 14.4 Å². The predicted molar refractivity (Wildman–Crippen MR) is 111 cm³/mol. The lowest BCUT2D eigenvalue weighted by atomic mass is 9.47. The second-order valence-electron chi connectivity index (χ2n) is 9.17. The molecule has 0 aliphatic heterocycles. The van der Waals surface area contributed by atoms with Gasteiger partial charge in [-0.1, -0.05) is 11.6 Å². The third kappa shape index (κ3) is 4.00. The molecule has 0 heterocycles. The number of nitrogens with one attached hydrogen (secondary N) is 2. The van der Waals surface area contributed by atoms with Crippen LogP contribution in [0.25, 0.3) is 0 Å². The average Bonchev–Trinajstić information content (AvgIpc) is 2.64. The number of ether oxygens (including phenoxy) is 2. The first-order valence-corrected chi connectivity index (χ1v) is 10.7. The Kier molecular flexibility index (Phi) is 5.43. The molecule has 2 N–H and O–H groups in total. The van der Waals surface area contributed by atoms with E-state index in [0.717, 1.165) is 32.1 Å². The third-order valence-corrected chi connectivity index (χ3v) is 6.94. The minimum Gasteiger partial charge on any atom is -0.495 e. The maximum Gasteiger partial charge on any atom is 0.312 e. The largest absolute Gasteiger partial charge is 0.495 e. The van der Waals surface area contributed by atoms with Crippen LogP contribution in [-0.4, -0.2) is 37.0 Å². The van der Waals surface area contributed by atoms with Gasteiger partial charge in [-0.25, -0.2) is 0 Å². The van der Waals surface area contributed by atoms with E-state index in [1.165, 1.54) is 14.0 Å². The summed E-state index contributed by atoms with van der Waals surface area (Å²) in [5.74, 6) is 0.447. The molecule has 5 rings (SSSR count). The maximum atomic E-state index is 13.1. The van der Waals surface area contributed by atoms with Crippen molar-refractivity contribution >= 4 is 35.1 Å². The van der Waals surface area contributed by atoms with E-state index in [-0.39, 0.29) is 24.0 Å². The van der Waals surface area contributed by atoms with Crippen molar-refractivity contribution < 1.29 is 23.9 Å². The van der Waals surface area contributed by atoms with Gasteiger partial charge in [0, 0.05) is 17.5 Å². The summed E-state index contributed by atoms with van der Waals surface area (Å²) in [6, 6.07) is 4.89. The number of anilines is 1. The Bertz CT molecular complexity index is 872. The first kappa shape index (κ1) is 21.0. The van der Waals surface area contributed by atoms with Crippen molar-refractivity contribution in [2.75, 3.05) is 19.0 Å². The summed E-state index contributed by atoms with van der Waals surface area (Å²) in [4.78, 5) is 37.3. The molecule has 4 bridgehead atoms. The van der Waals surface area contributed by atoms with Crippen molar-refractivity contribution in [1.82, 2.24) is 5.32 Å². The summed E-state index contributed by atoms with van der Waals surface area (Å²) in [7, 11) is 1.50. The minimum absolute atomic E-state index is 0.0599.